The first kappa shape index (κ1) is 22.5. The minimum Gasteiger partial charge on any atom is -0.394 e. The van der Waals surface area contributed by atoms with Crippen molar-refractivity contribution in [1.29, 1.82) is 5.41 Å². The van der Waals surface area contributed by atoms with E-state index in [-0.39, 0.29) is 12.8 Å². The SMILES string of the molecule is CCCCCC(=O)N(O[C@H]1C[C@H](n2cc([125I])c(=O)[nH]c2=O)O[C@@H]1CO)C(=N)N. The van der Waals surface area contributed by atoms with Gasteiger partial charge < -0.3 is 15.6 Å². The fraction of sp³-hybridized carbons (Fsp3) is 0.625. The van der Waals surface area contributed by atoms with Crippen LogP contribution in [0.25, 0.3) is 0 Å². The first-order valence-corrected chi connectivity index (χ1v) is 9.97. The zero-order valence-corrected chi connectivity index (χ0v) is 17.5. The predicted octanol–water partition coefficient (Wildman–Crippen LogP) is 0.0236. The lowest BCUT2D eigenvalue weighted by Gasteiger charge is -2.25. The summed E-state index contributed by atoms with van der Waals surface area (Å²) in [6, 6.07) is 0. The van der Waals surface area contributed by atoms with Crippen LogP contribution in [0.4, 0.5) is 0 Å². The molecule has 1 aromatic rings. The van der Waals surface area contributed by atoms with E-state index in [9.17, 15) is 19.5 Å². The molecule has 0 bridgehead atoms. The number of rotatable bonds is 8. The highest BCUT2D eigenvalue weighted by atomic mass is 125. The van der Waals surface area contributed by atoms with Crippen molar-refractivity contribution in [3.05, 3.63) is 30.6 Å². The van der Waals surface area contributed by atoms with E-state index >= 15 is 0 Å². The third-order valence-electron chi connectivity index (χ3n) is 4.28. The Morgan fingerprint density at radius 2 is 2.25 bits per heavy atom. The first-order valence-electron chi connectivity index (χ1n) is 8.89. The van der Waals surface area contributed by atoms with Crippen LogP contribution in [0, 0.1) is 8.98 Å². The molecule has 11 nitrogen and oxygen atoms in total. The Hall–Kier alpha value is -1.77. The second kappa shape index (κ2) is 10.1. The summed E-state index contributed by atoms with van der Waals surface area (Å²) in [5.74, 6) is -1.03. The standard InChI is InChI=1S/C16H24IN5O6/c1-2-3-4-5-12(24)22(15(18)19)28-10-6-13(27-11(10)8-23)21-7-9(17)14(25)20-16(21)26/h7,10-11,13,23H,2-6,8H2,1H3,(H3,18,19)(H,20,25,26)/t10-,11+,13+/m0/s1/i17-2. The van der Waals surface area contributed by atoms with E-state index in [4.69, 9.17) is 20.7 Å². The van der Waals surface area contributed by atoms with Crippen LogP contribution in [-0.2, 0) is 14.4 Å². The minimum atomic E-state index is -0.841. The van der Waals surface area contributed by atoms with Gasteiger partial charge in [0.2, 0.25) is 5.96 Å². The number of aromatic nitrogens is 2. The topological polar surface area (TPSA) is 164 Å². The van der Waals surface area contributed by atoms with E-state index in [1.807, 2.05) is 6.92 Å². The van der Waals surface area contributed by atoms with Crippen LogP contribution < -0.4 is 17.0 Å². The van der Waals surface area contributed by atoms with Gasteiger partial charge in [-0.05, 0) is 29.0 Å². The molecule has 156 valence electrons. The summed E-state index contributed by atoms with van der Waals surface area (Å²) in [5.41, 5.74) is 4.31. The number of H-pyrrole nitrogens is 1. The van der Waals surface area contributed by atoms with Gasteiger partial charge in [0.1, 0.15) is 18.4 Å². The summed E-state index contributed by atoms with van der Waals surface area (Å²) >= 11 is 1.79. The number of nitrogens with zero attached hydrogens (tertiary/aromatic N) is 2. The number of guanidine groups is 1. The van der Waals surface area contributed by atoms with E-state index in [0.29, 0.717) is 15.1 Å². The van der Waals surface area contributed by atoms with Crippen molar-refractivity contribution in [2.24, 2.45) is 5.73 Å². The van der Waals surface area contributed by atoms with Gasteiger partial charge in [-0.15, -0.1) is 0 Å². The molecule has 12 heteroatoms. The maximum Gasteiger partial charge on any atom is 0.330 e. The van der Waals surface area contributed by atoms with E-state index in [1.54, 1.807) is 22.6 Å². The molecule has 1 fully saturated rings. The van der Waals surface area contributed by atoms with Crippen molar-refractivity contribution in [3.8, 4) is 0 Å². The van der Waals surface area contributed by atoms with E-state index in [0.717, 1.165) is 12.8 Å². The lowest BCUT2D eigenvalue weighted by atomic mass is 10.2. The summed E-state index contributed by atoms with van der Waals surface area (Å²) in [5, 5.41) is 17.9. The Labute approximate surface area is 174 Å². The highest BCUT2D eigenvalue weighted by molar-refractivity contribution is 14.1. The van der Waals surface area contributed by atoms with Gasteiger partial charge in [0.05, 0.1) is 10.2 Å². The van der Waals surface area contributed by atoms with Gasteiger partial charge in [0, 0.05) is 19.0 Å². The van der Waals surface area contributed by atoms with Crippen LogP contribution in [0.15, 0.2) is 15.8 Å². The van der Waals surface area contributed by atoms with E-state index in [2.05, 4.69) is 4.98 Å². The molecular weight excluding hydrogens is 483 g/mol. The average molecular weight is 507 g/mol. The number of hydrogen-bond donors (Lipinski definition) is 4. The molecule has 5 N–H and O–H groups in total. The van der Waals surface area contributed by atoms with Crippen LogP contribution >= 0.6 is 22.6 Å². The van der Waals surface area contributed by atoms with Gasteiger partial charge in [-0.1, -0.05) is 19.8 Å². The molecule has 0 saturated carbocycles. The Balaban J connectivity index is 2.15. The third-order valence-corrected chi connectivity index (χ3v) is 5.04. The largest absolute Gasteiger partial charge is 0.394 e. The number of nitrogens with one attached hydrogen (secondary N) is 2. The number of aliphatic hydroxyl groups excluding tert-OH is 1. The second-order valence-corrected chi connectivity index (χ2v) is 7.53. The molecule has 2 heterocycles. The average Bonchev–Trinajstić information content (AvgIpc) is 3.05. The van der Waals surface area contributed by atoms with E-state index < -0.39 is 48.2 Å². The number of halogens is 1. The zero-order chi connectivity index (χ0) is 20.8. The number of hydrogen-bond acceptors (Lipinski definition) is 7. The van der Waals surface area contributed by atoms with Crippen molar-refractivity contribution in [2.45, 2.75) is 57.5 Å². The molecule has 1 aromatic heterocycles. The smallest absolute Gasteiger partial charge is 0.330 e. The van der Waals surface area contributed by atoms with Crippen molar-refractivity contribution in [3.63, 3.8) is 0 Å². The van der Waals surface area contributed by atoms with Gasteiger partial charge in [0.15, 0.2) is 0 Å². The molecule has 3 atom stereocenters. The summed E-state index contributed by atoms with van der Waals surface area (Å²) in [7, 11) is 0. The molecule has 0 aliphatic carbocycles. The summed E-state index contributed by atoms with van der Waals surface area (Å²) in [4.78, 5) is 43.7. The van der Waals surface area contributed by atoms with Crippen LogP contribution in [0.3, 0.4) is 0 Å². The quantitative estimate of drug-likeness (QED) is 0.127. The van der Waals surface area contributed by atoms with Gasteiger partial charge >= 0.3 is 5.69 Å². The fourth-order valence-corrected chi connectivity index (χ4v) is 3.27. The van der Waals surface area contributed by atoms with Gasteiger partial charge in [-0.3, -0.25) is 29.4 Å². The zero-order valence-electron chi connectivity index (χ0n) is 15.4. The molecule has 28 heavy (non-hydrogen) atoms. The Kier molecular flexibility index (Phi) is 8.15. The van der Waals surface area contributed by atoms with Crippen molar-refractivity contribution in [2.75, 3.05) is 6.61 Å². The number of carbonyl (C=O) groups excluding carboxylic acids is 1. The van der Waals surface area contributed by atoms with Crippen LogP contribution in [0.2, 0.25) is 0 Å². The molecular formula is C16H24IN5O6. The third kappa shape index (κ3) is 5.40. The first-order chi connectivity index (χ1) is 13.3. The number of aliphatic hydroxyl groups is 1. The van der Waals surface area contributed by atoms with Crippen molar-refractivity contribution < 1.29 is 19.5 Å². The molecule has 2 rings (SSSR count). The normalized spacial score (nSPS) is 21.6. The molecule has 0 unspecified atom stereocenters. The lowest BCUT2D eigenvalue weighted by molar-refractivity contribution is -0.188. The highest BCUT2D eigenvalue weighted by Gasteiger charge is 2.40. The summed E-state index contributed by atoms with van der Waals surface area (Å²) in [6.07, 6.45) is 1.60. The Morgan fingerprint density at radius 3 is 2.86 bits per heavy atom. The number of hydroxylamine groups is 2. The highest BCUT2D eigenvalue weighted by Crippen LogP contribution is 2.30. The molecule has 0 aromatic carbocycles. The molecule has 0 spiro atoms. The molecule has 1 aliphatic heterocycles. The minimum absolute atomic E-state index is 0.110. The van der Waals surface area contributed by atoms with Crippen LogP contribution in [0.1, 0.15) is 45.3 Å². The number of aromatic amines is 1. The van der Waals surface area contributed by atoms with Gasteiger partial charge in [0.25, 0.3) is 11.5 Å². The lowest BCUT2D eigenvalue weighted by Crippen LogP contribution is -2.45. The molecule has 1 amide bonds. The molecule has 1 saturated heterocycles. The van der Waals surface area contributed by atoms with Crippen LogP contribution in [-0.4, -0.2) is 50.4 Å². The summed E-state index contributed by atoms with van der Waals surface area (Å²) < 4.78 is 7.14. The Morgan fingerprint density at radius 1 is 1.54 bits per heavy atom. The van der Waals surface area contributed by atoms with Crippen molar-refractivity contribution in [1.82, 2.24) is 14.6 Å². The monoisotopic (exact) mass is 507 g/mol. The summed E-state index contributed by atoms with van der Waals surface area (Å²) in [6.45, 7) is 1.58. The molecule has 1 aliphatic rings. The van der Waals surface area contributed by atoms with Crippen LogP contribution in [0.5, 0.6) is 0 Å². The number of amides is 1. The Bertz CT molecular complexity index is 824. The number of nitrogens with two attached hydrogens (primary N) is 1. The van der Waals surface area contributed by atoms with Gasteiger partial charge in [-0.25, -0.2) is 4.79 Å². The number of carbonyl (C=O) groups is 1. The number of ether oxygens (including phenoxy) is 1. The fourth-order valence-electron chi connectivity index (χ4n) is 2.83. The van der Waals surface area contributed by atoms with Crippen molar-refractivity contribution >= 4 is 34.5 Å². The second-order valence-electron chi connectivity index (χ2n) is 6.37. The number of unbranched alkanes of at least 4 members (excludes halogenated alkanes) is 2. The predicted molar refractivity (Wildman–Crippen MR) is 107 cm³/mol. The maximum atomic E-state index is 12.3. The van der Waals surface area contributed by atoms with Gasteiger partial charge in [-0.2, -0.15) is 5.06 Å². The van der Waals surface area contributed by atoms with E-state index in [1.165, 1.54) is 10.8 Å². The maximum absolute atomic E-state index is 12.3. The molecule has 0 radical (unpaired) electrons.